The lowest BCUT2D eigenvalue weighted by atomic mass is 10.2. The van der Waals surface area contributed by atoms with Crippen LogP contribution in [0.4, 0.5) is 5.82 Å². The van der Waals surface area contributed by atoms with Crippen LogP contribution < -0.4 is 5.32 Å². The van der Waals surface area contributed by atoms with E-state index in [1.54, 1.807) is 23.1 Å². The minimum absolute atomic E-state index is 0.703. The van der Waals surface area contributed by atoms with Gasteiger partial charge in [-0.3, -0.25) is 0 Å². The van der Waals surface area contributed by atoms with Gasteiger partial charge >= 0.3 is 0 Å². The third-order valence-corrected chi connectivity index (χ3v) is 4.51. The van der Waals surface area contributed by atoms with Gasteiger partial charge in [0.05, 0.1) is 10.2 Å². The molecule has 1 N–H and O–H groups in total. The standard InChI is InChI=1S/C14H13N3S2/c1-3-8-15-13-12-11(16-14(17-13)18-2)9-6-4-5-7-10(9)19-12/h3-7H,1,8H2,2H3,(H,15,16,17). The highest BCUT2D eigenvalue weighted by atomic mass is 32.2. The Bertz CT molecular complexity index is 749. The highest BCUT2D eigenvalue weighted by Crippen LogP contribution is 2.36. The molecule has 0 saturated heterocycles. The second-order valence-electron chi connectivity index (χ2n) is 4.00. The number of nitrogens with one attached hydrogen (secondary N) is 1. The number of aromatic nitrogens is 2. The van der Waals surface area contributed by atoms with Crippen molar-refractivity contribution in [1.82, 2.24) is 9.97 Å². The van der Waals surface area contributed by atoms with Gasteiger partial charge < -0.3 is 5.32 Å². The summed E-state index contributed by atoms with van der Waals surface area (Å²) in [4.78, 5) is 9.20. The molecule has 0 aliphatic heterocycles. The van der Waals surface area contributed by atoms with Crippen LogP contribution in [0.2, 0.25) is 0 Å². The van der Waals surface area contributed by atoms with E-state index in [-0.39, 0.29) is 0 Å². The van der Waals surface area contributed by atoms with Crippen LogP contribution in [0.25, 0.3) is 20.3 Å². The van der Waals surface area contributed by atoms with Gasteiger partial charge in [-0.2, -0.15) is 0 Å². The quantitative estimate of drug-likeness (QED) is 0.444. The van der Waals surface area contributed by atoms with E-state index in [4.69, 9.17) is 0 Å². The van der Waals surface area contributed by atoms with Crippen LogP contribution in [0, 0.1) is 0 Å². The number of hydrogen-bond acceptors (Lipinski definition) is 5. The van der Waals surface area contributed by atoms with Crippen molar-refractivity contribution in [3.05, 3.63) is 36.9 Å². The molecule has 3 rings (SSSR count). The average molecular weight is 287 g/mol. The molecule has 3 nitrogen and oxygen atoms in total. The summed E-state index contributed by atoms with van der Waals surface area (Å²) in [6.07, 6.45) is 3.83. The normalized spacial score (nSPS) is 11.0. The molecule has 0 bridgehead atoms. The summed E-state index contributed by atoms with van der Waals surface area (Å²) in [6.45, 7) is 4.44. The first-order valence-corrected chi connectivity index (χ1v) is 7.95. The maximum Gasteiger partial charge on any atom is 0.189 e. The van der Waals surface area contributed by atoms with Crippen LogP contribution in [0.5, 0.6) is 0 Å². The van der Waals surface area contributed by atoms with Crippen LogP contribution in [0.15, 0.2) is 42.1 Å². The summed E-state index contributed by atoms with van der Waals surface area (Å²) in [5.74, 6) is 0.899. The first kappa shape index (κ1) is 12.4. The number of fused-ring (bicyclic) bond motifs is 3. The summed E-state index contributed by atoms with van der Waals surface area (Å²) in [5.41, 5.74) is 1.03. The molecular weight excluding hydrogens is 274 g/mol. The third-order valence-electron chi connectivity index (χ3n) is 2.80. The Kier molecular flexibility index (Phi) is 3.40. The van der Waals surface area contributed by atoms with E-state index in [2.05, 4.69) is 40.1 Å². The SMILES string of the molecule is C=CCNc1nc(SC)nc2c1sc1ccccc12. The van der Waals surface area contributed by atoms with Gasteiger partial charge in [-0.15, -0.1) is 17.9 Å². The van der Waals surface area contributed by atoms with Crippen LogP contribution in [-0.2, 0) is 0 Å². The molecule has 0 aliphatic carbocycles. The highest BCUT2D eigenvalue weighted by molar-refractivity contribution is 7.98. The fourth-order valence-electron chi connectivity index (χ4n) is 1.95. The van der Waals surface area contributed by atoms with E-state index < -0.39 is 0 Å². The zero-order valence-electron chi connectivity index (χ0n) is 10.5. The van der Waals surface area contributed by atoms with Gasteiger partial charge in [0.1, 0.15) is 5.82 Å². The maximum absolute atomic E-state index is 4.65. The zero-order valence-corrected chi connectivity index (χ0v) is 12.1. The number of thioether (sulfide) groups is 1. The Morgan fingerprint density at radius 1 is 1.37 bits per heavy atom. The largest absolute Gasteiger partial charge is 0.365 e. The van der Waals surface area contributed by atoms with Crippen molar-refractivity contribution in [2.45, 2.75) is 5.16 Å². The van der Waals surface area contributed by atoms with E-state index >= 15 is 0 Å². The predicted octanol–water partition coefficient (Wildman–Crippen LogP) is 4.16. The molecule has 0 unspecified atom stereocenters. The van der Waals surface area contributed by atoms with E-state index in [9.17, 15) is 0 Å². The molecule has 96 valence electrons. The molecule has 0 atom stereocenters. The van der Waals surface area contributed by atoms with E-state index in [0.29, 0.717) is 6.54 Å². The number of anilines is 1. The number of benzene rings is 1. The first-order chi connectivity index (χ1) is 9.33. The molecule has 2 aromatic heterocycles. The smallest absolute Gasteiger partial charge is 0.189 e. The molecule has 5 heteroatoms. The van der Waals surface area contributed by atoms with Crippen molar-refractivity contribution in [2.75, 3.05) is 18.1 Å². The molecule has 0 saturated carbocycles. The maximum atomic E-state index is 4.65. The minimum atomic E-state index is 0.703. The van der Waals surface area contributed by atoms with Gasteiger partial charge in [-0.1, -0.05) is 36.0 Å². The van der Waals surface area contributed by atoms with Gasteiger partial charge in [0.25, 0.3) is 0 Å². The summed E-state index contributed by atoms with van der Waals surface area (Å²) >= 11 is 3.29. The van der Waals surface area contributed by atoms with Crippen molar-refractivity contribution in [2.24, 2.45) is 0 Å². The van der Waals surface area contributed by atoms with E-state index in [1.807, 2.05) is 18.4 Å². The molecule has 1 aromatic carbocycles. The first-order valence-electron chi connectivity index (χ1n) is 5.91. The summed E-state index contributed by atoms with van der Waals surface area (Å²) in [7, 11) is 0. The third kappa shape index (κ3) is 2.19. The highest BCUT2D eigenvalue weighted by Gasteiger charge is 2.12. The van der Waals surface area contributed by atoms with Gasteiger partial charge in [0.15, 0.2) is 5.16 Å². The molecule has 0 radical (unpaired) electrons. The molecule has 0 aliphatic rings. The van der Waals surface area contributed by atoms with Crippen molar-refractivity contribution in [3.63, 3.8) is 0 Å². The van der Waals surface area contributed by atoms with Crippen molar-refractivity contribution in [3.8, 4) is 0 Å². The monoisotopic (exact) mass is 287 g/mol. The number of nitrogens with zero attached hydrogens (tertiary/aromatic N) is 2. The number of thiophene rings is 1. The van der Waals surface area contributed by atoms with Gasteiger partial charge in [0.2, 0.25) is 0 Å². The molecule has 0 fully saturated rings. The Labute approximate surface area is 119 Å². The van der Waals surface area contributed by atoms with E-state index in [1.165, 1.54) is 10.1 Å². The molecule has 3 aromatic rings. The Morgan fingerprint density at radius 3 is 3.00 bits per heavy atom. The lowest BCUT2D eigenvalue weighted by molar-refractivity contribution is 1.01. The zero-order chi connectivity index (χ0) is 13.2. The summed E-state index contributed by atoms with van der Waals surface area (Å²) < 4.78 is 2.35. The van der Waals surface area contributed by atoms with Crippen LogP contribution in [0.1, 0.15) is 0 Å². The van der Waals surface area contributed by atoms with Crippen LogP contribution in [-0.4, -0.2) is 22.8 Å². The second kappa shape index (κ2) is 5.19. The minimum Gasteiger partial charge on any atom is -0.365 e. The molecule has 2 heterocycles. The fraction of sp³-hybridized carbons (Fsp3) is 0.143. The topological polar surface area (TPSA) is 37.8 Å². The van der Waals surface area contributed by atoms with Crippen molar-refractivity contribution in [1.29, 1.82) is 0 Å². The van der Waals surface area contributed by atoms with Gasteiger partial charge in [0, 0.05) is 16.6 Å². The van der Waals surface area contributed by atoms with Gasteiger partial charge in [-0.25, -0.2) is 9.97 Å². The summed E-state index contributed by atoms with van der Waals surface area (Å²) in [5, 5.41) is 5.29. The number of rotatable bonds is 4. The molecule has 0 spiro atoms. The van der Waals surface area contributed by atoms with Crippen LogP contribution in [0.3, 0.4) is 0 Å². The Balaban J connectivity index is 2.30. The molecule has 19 heavy (non-hydrogen) atoms. The molecular formula is C14H13N3S2. The lowest BCUT2D eigenvalue weighted by Gasteiger charge is -2.05. The number of hydrogen-bond donors (Lipinski definition) is 1. The van der Waals surface area contributed by atoms with E-state index in [0.717, 1.165) is 21.2 Å². The Morgan fingerprint density at radius 2 is 2.21 bits per heavy atom. The van der Waals surface area contributed by atoms with Crippen molar-refractivity contribution >= 4 is 49.2 Å². The van der Waals surface area contributed by atoms with Gasteiger partial charge in [-0.05, 0) is 12.3 Å². The predicted molar refractivity (Wildman–Crippen MR) is 85.4 cm³/mol. The Hall–Kier alpha value is -1.59. The average Bonchev–Trinajstić information content (AvgIpc) is 2.83. The lowest BCUT2D eigenvalue weighted by Crippen LogP contribution is -2.01. The molecule has 0 amide bonds. The second-order valence-corrected chi connectivity index (χ2v) is 5.83. The fourth-order valence-corrected chi connectivity index (χ4v) is 3.42. The summed E-state index contributed by atoms with van der Waals surface area (Å²) in [6, 6.07) is 8.34. The van der Waals surface area contributed by atoms with Crippen LogP contribution >= 0.6 is 23.1 Å². The van der Waals surface area contributed by atoms with Crippen molar-refractivity contribution < 1.29 is 0 Å².